The number of ketones is 1. The number of nitrogens with zero attached hydrogens (tertiary/aromatic N) is 1. The Balaban J connectivity index is 2.19. The van der Waals surface area contributed by atoms with Crippen molar-refractivity contribution >= 4 is 5.78 Å². The van der Waals surface area contributed by atoms with Crippen LogP contribution in [0.3, 0.4) is 0 Å². The van der Waals surface area contributed by atoms with Crippen molar-refractivity contribution in [2.45, 2.75) is 26.9 Å². The van der Waals surface area contributed by atoms with E-state index in [0.29, 0.717) is 24.4 Å². The first-order valence-corrected chi connectivity index (χ1v) is 8.41. The number of nitriles is 1. The molecule has 0 N–H and O–H groups in total. The molecule has 0 spiro atoms. The molecule has 0 saturated heterocycles. The van der Waals surface area contributed by atoms with Crippen LogP contribution in [0.15, 0.2) is 73.0 Å². The van der Waals surface area contributed by atoms with Crippen molar-refractivity contribution in [2.75, 3.05) is 0 Å². The molecule has 3 nitrogen and oxygen atoms in total. The second-order valence-electron chi connectivity index (χ2n) is 6.09. The zero-order chi connectivity index (χ0) is 18.3. The summed E-state index contributed by atoms with van der Waals surface area (Å²) in [7, 11) is 0. The van der Waals surface area contributed by atoms with E-state index in [2.05, 4.69) is 12.6 Å². The van der Waals surface area contributed by atoms with E-state index in [1.807, 2.05) is 50.2 Å². The maximum atomic E-state index is 13.0. The van der Waals surface area contributed by atoms with Crippen LogP contribution < -0.4 is 0 Å². The number of hydrogen-bond acceptors (Lipinski definition) is 3. The smallest absolute Gasteiger partial charge is 0.183 e. The molecule has 0 saturated carbocycles. The molecule has 0 aliphatic carbocycles. The van der Waals surface area contributed by atoms with Crippen molar-refractivity contribution in [1.29, 1.82) is 5.26 Å². The highest BCUT2D eigenvalue weighted by Gasteiger charge is 2.44. The Bertz CT molecular complexity index is 762. The fourth-order valence-corrected chi connectivity index (χ4v) is 2.89. The third-order valence-corrected chi connectivity index (χ3v) is 4.69. The molecule has 0 radical (unpaired) electrons. The molecular weight excluding hydrogens is 310 g/mol. The highest BCUT2D eigenvalue weighted by molar-refractivity contribution is 6.02. The molecule has 2 aromatic carbocycles. The van der Waals surface area contributed by atoms with Crippen molar-refractivity contribution in [3.05, 3.63) is 84.1 Å². The summed E-state index contributed by atoms with van der Waals surface area (Å²) in [5.41, 5.74) is 0.368. The summed E-state index contributed by atoms with van der Waals surface area (Å²) in [4.78, 5) is 13.0. The van der Waals surface area contributed by atoms with Gasteiger partial charge >= 0.3 is 0 Å². The lowest BCUT2D eigenvalue weighted by Crippen LogP contribution is -2.37. The third-order valence-electron chi connectivity index (χ3n) is 4.69. The Morgan fingerprint density at radius 1 is 1.16 bits per heavy atom. The van der Waals surface area contributed by atoms with E-state index in [1.54, 1.807) is 24.3 Å². The molecule has 0 unspecified atom stereocenters. The van der Waals surface area contributed by atoms with Gasteiger partial charge in [0.25, 0.3) is 0 Å². The van der Waals surface area contributed by atoms with Gasteiger partial charge in [-0.25, -0.2) is 0 Å². The maximum Gasteiger partial charge on any atom is 0.183 e. The van der Waals surface area contributed by atoms with Gasteiger partial charge in [-0.15, -0.1) is 0 Å². The molecule has 0 amide bonds. The van der Waals surface area contributed by atoms with Crippen LogP contribution >= 0.6 is 0 Å². The zero-order valence-corrected chi connectivity index (χ0v) is 14.7. The molecule has 3 heteroatoms. The Kier molecular flexibility index (Phi) is 6.14. The van der Waals surface area contributed by atoms with Crippen molar-refractivity contribution in [3.63, 3.8) is 0 Å². The van der Waals surface area contributed by atoms with E-state index < -0.39 is 11.3 Å². The predicted molar refractivity (Wildman–Crippen MR) is 98.6 cm³/mol. The van der Waals surface area contributed by atoms with Gasteiger partial charge in [0.2, 0.25) is 0 Å². The first kappa shape index (κ1) is 18.5. The van der Waals surface area contributed by atoms with E-state index in [0.717, 1.165) is 5.56 Å². The van der Waals surface area contributed by atoms with E-state index in [-0.39, 0.29) is 5.78 Å². The number of ether oxygens (including phenoxy) is 1. The number of Topliss-reactive ketones (excluding diaryl/α,β-unsaturated/α-hetero) is 1. The number of carbonyl (C=O) groups excluding carboxylic acids is 1. The minimum atomic E-state index is -1.19. The molecule has 128 valence electrons. The highest BCUT2D eigenvalue weighted by Crippen LogP contribution is 2.39. The van der Waals surface area contributed by atoms with Gasteiger partial charge in [0.15, 0.2) is 5.78 Å². The average molecular weight is 333 g/mol. The van der Waals surface area contributed by atoms with Crippen LogP contribution in [0.2, 0.25) is 0 Å². The van der Waals surface area contributed by atoms with Gasteiger partial charge in [-0.1, -0.05) is 81.1 Å². The summed E-state index contributed by atoms with van der Waals surface area (Å²) in [6, 6.07) is 20.9. The molecule has 0 heterocycles. The second-order valence-corrected chi connectivity index (χ2v) is 6.09. The quantitative estimate of drug-likeness (QED) is 0.495. The largest absolute Gasteiger partial charge is 0.494 e. The molecule has 2 atom stereocenters. The zero-order valence-electron chi connectivity index (χ0n) is 14.7. The number of benzene rings is 2. The summed E-state index contributed by atoms with van der Waals surface area (Å²) in [5, 5.41) is 9.85. The van der Waals surface area contributed by atoms with Crippen LogP contribution in [0.25, 0.3) is 0 Å². The summed E-state index contributed by atoms with van der Waals surface area (Å²) < 4.78 is 5.79. The van der Waals surface area contributed by atoms with Crippen LogP contribution in [-0.2, 0) is 11.3 Å². The molecular formula is C22H23NO2. The van der Waals surface area contributed by atoms with E-state index in [4.69, 9.17) is 4.74 Å². The first-order valence-electron chi connectivity index (χ1n) is 8.41. The number of hydrogen-bond donors (Lipinski definition) is 0. The Hall–Kier alpha value is -2.86. The lowest BCUT2D eigenvalue weighted by atomic mass is 9.69. The topological polar surface area (TPSA) is 50.1 Å². The Morgan fingerprint density at radius 3 is 2.24 bits per heavy atom. The average Bonchev–Trinajstić information content (AvgIpc) is 2.68. The monoisotopic (exact) mass is 333 g/mol. The Morgan fingerprint density at radius 2 is 1.72 bits per heavy atom. The lowest BCUT2D eigenvalue weighted by Gasteiger charge is -2.31. The number of carbonyl (C=O) groups is 1. The van der Waals surface area contributed by atoms with Gasteiger partial charge < -0.3 is 4.74 Å². The molecule has 0 aliphatic rings. The molecule has 0 aliphatic heterocycles. The first-order chi connectivity index (χ1) is 12.0. The van der Waals surface area contributed by atoms with Crippen molar-refractivity contribution in [3.8, 4) is 6.07 Å². The maximum absolute atomic E-state index is 13.0. The van der Waals surface area contributed by atoms with Crippen LogP contribution in [0.1, 0.15) is 36.2 Å². The van der Waals surface area contributed by atoms with Crippen LogP contribution in [0.5, 0.6) is 0 Å². The molecule has 0 aromatic heterocycles. The van der Waals surface area contributed by atoms with Crippen LogP contribution in [0.4, 0.5) is 0 Å². The standard InChI is InChI=1S/C22H23NO2/c1-4-22(16-23,21(24)20-13-9-6-10-14-20)17(2)18(3)25-15-19-11-7-5-8-12-19/h5-14,17H,3-4,15H2,1-2H3/t17-,22+/m0/s1. The molecule has 2 aromatic rings. The summed E-state index contributed by atoms with van der Waals surface area (Å²) in [6.45, 7) is 8.04. The minimum absolute atomic E-state index is 0.185. The van der Waals surface area contributed by atoms with Crippen LogP contribution in [0, 0.1) is 22.7 Å². The molecule has 0 bridgehead atoms. The van der Waals surface area contributed by atoms with Gasteiger partial charge in [-0.05, 0) is 12.0 Å². The van der Waals surface area contributed by atoms with E-state index >= 15 is 0 Å². The van der Waals surface area contributed by atoms with Crippen molar-refractivity contribution in [1.82, 2.24) is 0 Å². The molecule has 0 fully saturated rings. The predicted octanol–water partition coefficient (Wildman–Crippen LogP) is 5.16. The third kappa shape index (κ3) is 3.97. The van der Waals surface area contributed by atoms with E-state index in [1.165, 1.54) is 0 Å². The lowest BCUT2D eigenvalue weighted by molar-refractivity contribution is 0.0718. The van der Waals surface area contributed by atoms with Gasteiger partial charge in [0, 0.05) is 11.5 Å². The summed E-state index contributed by atoms with van der Waals surface area (Å²) in [5.74, 6) is -0.148. The van der Waals surface area contributed by atoms with Crippen LogP contribution in [-0.4, -0.2) is 5.78 Å². The van der Waals surface area contributed by atoms with Gasteiger partial charge in [-0.2, -0.15) is 5.26 Å². The van der Waals surface area contributed by atoms with Gasteiger partial charge in [-0.3, -0.25) is 4.79 Å². The molecule has 2 rings (SSSR count). The number of rotatable bonds is 8. The van der Waals surface area contributed by atoms with Gasteiger partial charge in [0.05, 0.1) is 11.8 Å². The fraction of sp³-hybridized carbons (Fsp3) is 0.273. The van der Waals surface area contributed by atoms with Crippen molar-refractivity contribution in [2.24, 2.45) is 11.3 Å². The van der Waals surface area contributed by atoms with Gasteiger partial charge in [0.1, 0.15) is 12.0 Å². The fourth-order valence-electron chi connectivity index (χ4n) is 2.89. The summed E-state index contributed by atoms with van der Waals surface area (Å²) >= 11 is 0. The van der Waals surface area contributed by atoms with Crippen molar-refractivity contribution < 1.29 is 9.53 Å². The Labute approximate surface area is 149 Å². The highest BCUT2D eigenvalue weighted by atomic mass is 16.5. The minimum Gasteiger partial charge on any atom is -0.494 e. The number of allylic oxidation sites excluding steroid dienone is 1. The molecule has 25 heavy (non-hydrogen) atoms. The summed E-state index contributed by atoms with van der Waals surface area (Å²) in [6.07, 6.45) is 0.395. The normalized spacial score (nSPS) is 14.0. The second kappa shape index (κ2) is 8.30. The van der Waals surface area contributed by atoms with E-state index in [9.17, 15) is 10.1 Å². The SMILES string of the molecule is C=C(OCc1ccccc1)[C@H](C)[C@](C#N)(CC)C(=O)c1ccccc1.